The molecule has 1 aromatic rings. The van der Waals surface area contributed by atoms with Crippen molar-refractivity contribution in [3.63, 3.8) is 0 Å². The first kappa shape index (κ1) is 18.5. The zero-order valence-electron chi connectivity index (χ0n) is 15.4. The van der Waals surface area contributed by atoms with Crippen LogP contribution in [0.25, 0.3) is 0 Å². The third-order valence-electron chi connectivity index (χ3n) is 4.36. The predicted molar refractivity (Wildman–Crippen MR) is 102 cm³/mol. The largest absolute Gasteiger partial charge is 0.544 e. The molecule has 4 heteroatoms. The Hall–Kier alpha value is -0.843. The standard InChI is InChI=1S/C19H34N2OSi/c1-5-6-7-8-19(21-15-13-20-14-16-21)17-9-11-18(12-10-17)22-23(2,3)4/h9-12,19-20H,5-8,13-16H2,1-4H3/t19-/m0/s1. The molecule has 1 atom stereocenters. The van der Waals surface area contributed by atoms with Crippen molar-refractivity contribution >= 4 is 8.32 Å². The highest BCUT2D eigenvalue weighted by molar-refractivity contribution is 6.70. The first-order valence-corrected chi connectivity index (χ1v) is 12.6. The molecule has 1 saturated heterocycles. The van der Waals surface area contributed by atoms with E-state index in [9.17, 15) is 0 Å². The first-order valence-electron chi connectivity index (χ1n) is 9.23. The van der Waals surface area contributed by atoms with Crippen molar-refractivity contribution in [3.8, 4) is 5.75 Å². The molecule has 1 aliphatic heterocycles. The summed E-state index contributed by atoms with van der Waals surface area (Å²) < 4.78 is 6.10. The lowest BCUT2D eigenvalue weighted by atomic mass is 9.98. The van der Waals surface area contributed by atoms with E-state index in [1.54, 1.807) is 0 Å². The van der Waals surface area contributed by atoms with Gasteiger partial charge in [0, 0.05) is 32.2 Å². The Labute approximate surface area is 143 Å². The number of benzene rings is 1. The van der Waals surface area contributed by atoms with E-state index >= 15 is 0 Å². The molecule has 1 fully saturated rings. The fraction of sp³-hybridized carbons (Fsp3) is 0.684. The molecule has 0 radical (unpaired) electrons. The van der Waals surface area contributed by atoms with Crippen molar-refractivity contribution in [2.75, 3.05) is 26.2 Å². The molecular weight excluding hydrogens is 300 g/mol. The van der Waals surface area contributed by atoms with Crippen LogP contribution in [0, 0.1) is 0 Å². The molecule has 0 saturated carbocycles. The van der Waals surface area contributed by atoms with Crippen LogP contribution in [0.2, 0.25) is 19.6 Å². The van der Waals surface area contributed by atoms with Gasteiger partial charge >= 0.3 is 0 Å². The van der Waals surface area contributed by atoms with Crippen molar-refractivity contribution in [1.82, 2.24) is 10.2 Å². The average molecular weight is 335 g/mol. The summed E-state index contributed by atoms with van der Waals surface area (Å²) in [5.74, 6) is 1.03. The average Bonchev–Trinajstić information content (AvgIpc) is 2.52. The lowest BCUT2D eigenvalue weighted by molar-refractivity contribution is 0.162. The van der Waals surface area contributed by atoms with Crippen LogP contribution in [0.4, 0.5) is 0 Å². The quantitative estimate of drug-likeness (QED) is 0.562. The summed E-state index contributed by atoms with van der Waals surface area (Å²) >= 11 is 0. The maximum atomic E-state index is 6.10. The summed E-state index contributed by atoms with van der Waals surface area (Å²) in [4.78, 5) is 2.65. The SMILES string of the molecule is CCCCC[C@@H](c1ccc(O[Si](C)(C)C)cc1)N1CCNCC1. The monoisotopic (exact) mass is 334 g/mol. The van der Waals surface area contributed by atoms with E-state index in [-0.39, 0.29) is 0 Å². The molecule has 1 heterocycles. The van der Waals surface area contributed by atoms with E-state index in [4.69, 9.17) is 4.43 Å². The zero-order chi connectivity index (χ0) is 16.7. The van der Waals surface area contributed by atoms with Gasteiger partial charge in [-0.2, -0.15) is 0 Å². The summed E-state index contributed by atoms with van der Waals surface area (Å²) in [6.07, 6.45) is 5.21. The van der Waals surface area contributed by atoms with Crippen LogP contribution in [-0.2, 0) is 0 Å². The fourth-order valence-corrected chi connectivity index (χ4v) is 4.10. The highest BCUT2D eigenvalue weighted by Crippen LogP contribution is 2.29. The lowest BCUT2D eigenvalue weighted by Crippen LogP contribution is -2.45. The second-order valence-electron chi connectivity index (χ2n) is 7.58. The Kier molecular flexibility index (Phi) is 7.12. The third kappa shape index (κ3) is 6.28. The van der Waals surface area contributed by atoms with E-state index in [1.807, 2.05) is 0 Å². The van der Waals surface area contributed by atoms with E-state index in [1.165, 1.54) is 31.2 Å². The molecule has 0 spiro atoms. The number of hydrogen-bond acceptors (Lipinski definition) is 3. The molecule has 3 nitrogen and oxygen atoms in total. The number of nitrogens with one attached hydrogen (secondary N) is 1. The first-order chi connectivity index (χ1) is 11.0. The van der Waals surface area contributed by atoms with Crippen LogP contribution < -0.4 is 9.74 Å². The number of rotatable bonds is 8. The van der Waals surface area contributed by atoms with Crippen LogP contribution in [0.1, 0.15) is 44.2 Å². The molecule has 0 unspecified atom stereocenters. The minimum atomic E-state index is -1.52. The zero-order valence-corrected chi connectivity index (χ0v) is 16.4. The lowest BCUT2D eigenvalue weighted by Gasteiger charge is -2.35. The molecule has 2 rings (SSSR count). The van der Waals surface area contributed by atoms with Gasteiger partial charge in [-0.1, -0.05) is 38.3 Å². The second kappa shape index (κ2) is 8.86. The molecule has 1 aliphatic rings. The number of nitrogens with zero attached hydrogens (tertiary/aromatic N) is 1. The van der Waals surface area contributed by atoms with Gasteiger partial charge in [-0.25, -0.2) is 0 Å². The van der Waals surface area contributed by atoms with Gasteiger partial charge in [0.1, 0.15) is 5.75 Å². The fourth-order valence-electron chi connectivity index (χ4n) is 3.25. The molecule has 0 bridgehead atoms. The van der Waals surface area contributed by atoms with Crippen molar-refractivity contribution in [2.24, 2.45) is 0 Å². The molecule has 130 valence electrons. The van der Waals surface area contributed by atoms with Gasteiger partial charge in [0.2, 0.25) is 8.32 Å². The van der Waals surface area contributed by atoms with Crippen LogP contribution >= 0.6 is 0 Å². The third-order valence-corrected chi connectivity index (χ3v) is 5.21. The summed E-state index contributed by atoms with van der Waals surface area (Å²) in [6, 6.07) is 9.47. The van der Waals surface area contributed by atoms with E-state index in [0.717, 1.165) is 31.9 Å². The summed E-state index contributed by atoms with van der Waals surface area (Å²) in [5.41, 5.74) is 1.45. The Morgan fingerprint density at radius 3 is 2.30 bits per heavy atom. The normalized spacial score (nSPS) is 17.9. The van der Waals surface area contributed by atoms with Crippen molar-refractivity contribution < 1.29 is 4.43 Å². The maximum Gasteiger partial charge on any atom is 0.242 e. The van der Waals surface area contributed by atoms with Crippen LogP contribution in [0.3, 0.4) is 0 Å². The number of piperazine rings is 1. The Balaban J connectivity index is 2.07. The number of unbranched alkanes of at least 4 members (excludes halogenated alkanes) is 2. The summed E-state index contributed by atoms with van der Waals surface area (Å²) in [5, 5.41) is 3.47. The van der Waals surface area contributed by atoms with Crippen molar-refractivity contribution in [3.05, 3.63) is 29.8 Å². The second-order valence-corrected chi connectivity index (χ2v) is 12.0. The smallest absolute Gasteiger partial charge is 0.242 e. The van der Waals surface area contributed by atoms with Crippen LogP contribution in [0.5, 0.6) is 5.75 Å². The minimum absolute atomic E-state index is 0.560. The van der Waals surface area contributed by atoms with E-state index < -0.39 is 8.32 Å². The topological polar surface area (TPSA) is 24.5 Å². The molecule has 23 heavy (non-hydrogen) atoms. The Morgan fingerprint density at radius 1 is 1.09 bits per heavy atom. The summed E-state index contributed by atoms with van der Waals surface area (Å²) in [6.45, 7) is 13.5. The van der Waals surface area contributed by atoms with Crippen LogP contribution in [-0.4, -0.2) is 39.4 Å². The molecule has 0 aliphatic carbocycles. The van der Waals surface area contributed by atoms with Gasteiger partial charge < -0.3 is 9.74 Å². The van der Waals surface area contributed by atoms with Gasteiger partial charge in [0.05, 0.1) is 0 Å². The maximum absolute atomic E-state index is 6.10. The highest BCUT2D eigenvalue weighted by atomic mass is 28.4. The van der Waals surface area contributed by atoms with Crippen LogP contribution in [0.15, 0.2) is 24.3 Å². The van der Waals surface area contributed by atoms with Gasteiger partial charge in [-0.15, -0.1) is 0 Å². The highest BCUT2D eigenvalue weighted by Gasteiger charge is 2.22. The molecular formula is C19H34N2OSi. The number of hydrogen-bond donors (Lipinski definition) is 1. The molecule has 1 aromatic carbocycles. The molecule has 0 amide bonds. The van der Waals surface area contributed by atoms with Gasteiger partial charge in [-0.05, 0) is 43.8 Å². The predicted octanol–water partition coefficient (Wildman–Crippen LogP) is 4.43. The van der Waals surface area contributed by atoms with E-state index in [0.29, 0.717) is 6.04 Å². The van der Waals surface area contributed by atoms with Gasteiger partial charge in [0.25, 0.3) is 0 Å². The Morgan fingerprint density at radius 2 is 1.74 bits per heavy atom. The van der Waals surface area contributed by atoms with Gasteiger partial charge in [-0.3, -0.25) is 4.90 Å². The van der Waals surface area contributed by atoms with E-state index in [2.05, 4.69) is 61.0 Å². The summed E-state index contributed by atoms with van der Waals surface area (Å²) in [7, 11) is -1.52. The molecule has 0 aromatic heterocycles. The Bertz CT molecular complexity index is 449. The minimum Gasteiger partial charge on any atom is -0.544 e. The van der Waals surface area contributed by atoms with Crippen molar-refractivity contribution in [1.29, 1.82) is 0 Å². The van der Waals surface area contributed by atoms with Crippen molar-refractivity contribution in [2.45, 2.75) is 58.3 Å². The molecule has 1 N–H and O–H groups in total. The van der Waals surface area contributed by atoms with Gasteiger partial charge in [0.15, 0.2) is 0 Å².